The molecular formula is C15H19FN4. The summed E-state index contributed by atoms with van der Waals surface area (Å²) in [6.45, 7) is 3.69. The van der Waals surface area contributed by atoms with Crippen LogP contribution in [0.3, 0.4) is 0 Å². The van der Waals surface area contributed by atoms with Gasteiger partial charge < -0.3 is 10.2 Å². The molecule has 0 saturated carbocycles. The van der Waals surface area contributed by atoms with Gasteiger partial charge in [-0.25, -0.2) is 9.37 Å². The predicted octanol–water partition coefficient (Wildman–Crippen LogP) is 2.36. The van der Waals surface area contributed by atoms with Crippen LogP contribution in [0.4, 0.5) is 10.2 Å². The molecule has 0 amide bonds. The van der Waals surface area contributed by atoms with Crippen molar-refractivity contribution in [3.8, 4) is 0 Å². The Kier molecular flexibility index (Phi) is 5.01. The summed E-state index contributed by atoms with van der Waals surface area (Å²) in [7, 11) is 1.80. The van der Waals surface area contributed by atoms with Gasteiger partial charge in [-0.05, 0) is 32.2 Å². The molecule has 106 valence electrons. The van der Waals surface area contributed by atoms with Gasteiger partial charge in [0, 0.05) is 31.0 Å². The highest BCUT2D eigenvalue weighted by molar-refractivity contribution is 5.43. The molecule has 0 aliphatic carbocycles. The topological polar surface area (TPSA) is 41.1 Å². The predicted molar refractivity (Wildman–Crippen MR) is 77.9 cm³/mol. The van der Waals surface area contributed by atoms with E-state index in [1.54, 1.807) is 25.5 Å². The minimum atomic E-state index is -0.264. The second-order valence-electron chi connectivity index (χ2n) is 4.47. The molecular weight excluding hydrogens is 255 g/mol. The van der Waals surface area contributed by atoms with E-state index in [4.69, 9.17) is 0 Å². The largest absolute Gasteiger partial charge is 0.349 e. The van der Waals surface area contributed by atoms with Gasteiger partial charge in [0.2, 0.25) is 0 Å². The molecule has 0 unspecified atom stereocenters. The van der Waals surface area contributed by atoms with E-state index in [2.05, 4.69) is 15.3 Å². The van der Waals surface area contributed by atoms with Gasteiger partial charge in [-0.1, -0.05) is 6.07 Å². The molecule has 20 heavy (non-hydrogen) atoms. The summed E-state index contributed by atoms with van der Waals surface area (Å²) < 4.78 is 14.4. The first-order valence-corrected chi connectivity index (χ1v) is 6.69. The van der Waals surface area contributed by atoms with E-state index in [1.807, 2.05) is 30.0 Å². The van der Waals surface area contributed by atoms with Gasteiger partial charge >= 0.3 is 0 Å². The third-order valence-corrected chi connectivity index (χ3v) is 3.08. The fourth-order valence-corrected chi connectivity index (χ4v) is 2.04. The zero-order valence-electron chi connectivity index (χ0n) is 11.8. The summed E-state index contributed by atoms with van der Waals surface area (Å²) >= 11 is 0. The first kappa shape index (κ1) is 14.4. The van der Waals surface area contributed by atoms with Crippen LogP contribution in [0.15, 0.2) is 36.7 Å². The normalized spacial score (nSPS) is 10.6. The van der Waals surface area contributed by atoms with Crippen LogP contribution in [0.2, 0.25) is 0 Å². The molecule has 0 saturated heterocycles. The lowest BCUT2D eigenvalue weighted by Gasteiger charge is -2.22. The Morgan fingerprint density at radius 1 is 1.20 bits per heavy atom. The second-order valence-corrected chi connectivity index (χ2v) is 4.47. The van der Waals surface area contributed by atoms with Gasteiger partial charge in [0.25, 0.3) is 0 Å². The number of aromatic nitrogens is 2. The van der Waals surface area contributed by atoms with E-state index in [9.17, 15) is 4.39 Å². The third kappa shape index (κ3) is 3.30. The van der Waals surface area contributed by atoms with Crippen LogP contribution in [-0.2, 0) is 13.1 Å². The molecule has 0 aromatic carbocycles. The van der Waals surface area contributed by atoms with E-state index >= 15 is 0 Å². The third-order valence-electron chi connectivity index (χ3n) is 3.08. The highest BCUT2D eigenvalue weighted by Crippen LogP contribution is 2.20. The van der Waals surface area contributed by atoms with E-state index in [-0.39, 0.29) is 5.82 Å². The zero-order chi connectivity index (χ0) is 14.4. The van der Waals surface area contributed by atoms with Crippen LogP contribution in [0.25, 0.3) is 0 Å². The molecule has 0 aliphatic heterocycles. The number of nitrogens with one attached hydrogen (secondary N) is 1. The first-order chi connectivity index (χ1) is 9.76. The summed E-state index contributed by atoms with van der Waals surface area (Å²) in [5.74, 6) is 0.116. The molecule has 0 spiro atoms. The van der Waals surface area contributed by atoms with Crippen LogP contribution >= 0.6 is 0 Å². The zero-order valence-corrected chi connectivity index (χ0v) is 11.8. The Morgan fingerprint density at radius 2 is 2.05 bits per heavy atom. The second kappa shape index (κ2) is 6.96. The minimum Gasteiger partial charge on any atom is -0.349 e. The maximum absolute atomic E-state index is 14.4. The molecule has 5 heteroatoms. The Balaban J connectivity index is 2.25. The summed E-state index contributed by atoms with van der Waals surface area (Å²) in [5, 5.41) is 2.96. The maximum Gasteiger partial charge on any atom is 0.170 e. The SMILES string of the molecule is CCN(Cc1ccccn1)c1nccc(CNC)c1F. The minimum absolute atomic E-state index is 0.264. The molecule has 0 aliphatic rings. The van der Waals surface area contributed by atoms with E-state index in [0.717, 1.165) is 5.69 Å². The quantitative estimate of drug-likeness (QED) is 0.878. The highest BCUT2D eigenvalue weighted by Gasteiger charge is 2.15. The maximum atomic E-state index is 14.4. The summed E-state index contributed by atoms with van der Waals surface area (Å²) in [6, 6.07) is 7.42. The summed E-state index contributed by atoms with van der Waals surface area (Å²) in [5.41, 5.74) is 1.52. The number of pyridine rings is 2. The molecule has 1 N–H and O–H groups in total. The fraction of sp³-hybridized carbons (Fsp3) is 0.333. The van der Waals surface area contributed by atoms with Gasteiger partial charge in [0.1, 0.15) is 0 Å². The van der Waals surface area contributed by atoms with E-state index in [0.29, 0.717) is 31.0 Å². The smallest absolute Gasteiger partial charge is 0.170 e. The van der Waals surface area contributed by atoms with Crippen LogP contribution in [-0.4, -0.2) is 23.6 Å². The Bertz CT molecular complexity index is 545. The van der Waals surface area contributed by atoms with Crippen molar-refractivity contribution >= 4 is 5.82 Å². The van der Waals surface area contributed by atoms with Crippen molar-refractivity contribution in [2.45, 2.75) is 20.0 Å². The Morgan fingerprint density at radius 3 is 2.70 bits per heavy atom. The lowest BCUT2D eigenvalue weighted by molar-refractivity contribution is 0.584. The van der Waals surface area contributed by atoms with E-state index < -0.39 is 0 Å². The summed E-state index contributed by atoms with van der Waals surface area (Å²) in [4.78, 5) is 10.3. The molecule has 2 rings (SSSR count). The number of nitrogens with zero attached hydrogens (tertiary/aromatic N) is 3. The van der Waals surface area contributed by atoms with Gasteiger partial charge in [-0.2, -0.15) is 0 Å². The van der Waals surface area contributed by atoms with Crippen LogP contribution in [0.1, 0.15) is 18.2 Å². The summed E-state index contributed by atoms with van der Waals surface area (Å²) in [6.07, 6.45) is 3.39. The van der Waals surface area contributed by atoms with Crippen molar-refractivity contribution in [2.24, 2.45) is 0 Å². The monoisotopic (exact) mass is 274 g/mol. The number of halogens is 1. The number of anilines is 1. The van der Waals surface area contributed by atoms with Crippen molar-refractivity contribution in [3.63, 3.8) is 0 Å². The fourth-order valence-electron chi connectivity index (χ4n) is 2.04. The molecule has 0 radical (unpaired) electrons. The van der Waals surface area contributed by atoms with Gasteiger partial charge in [0.15, 0.2) is 11.6 Å². The van der Waals surface area contributed by atoms with Crippen molar-refractivity contribution in [3.05, 3.63) is 53.7 Å². The van der Waals surface area contributed by atoms with Crippen molar-refractivity contribution in [1.82, 2.24) is 15.3 Å². The molecule has 0 bridgehead atoms. The molecule has 4 nitrogen and oxygen atoms in total. The van der Waals surface area contributed by atoms with Crippen molar-refractivity contribution < 1.29 is 4.39 Å². The molecule has 2 aromatic rings. The average molecular weight is 274 g/mol. The lowest BCUT2D eigenvalue weighted by Crippen LogP contribution is -2.25. The van der Waals surface area contributed by atoms with Crippen molar-refractivity contribution in [1.29, 1.82) is 0 Å². The van der Waals surface area contributed by atoms with Crippen LogP contribution in [0, 0.1) is 5.82 Å². The van der Waals surface area contributed by atoms with Crippen molar-refractivity contribution in [2.75, 3.05) is 18.5 Å². The van der Waals surface area contributed by atoms with E-state index in [1.165, 1.54) is 0 Å². The molecule has 0 atom stereocenters. The van der Waals surface area contributed by atoms with Gasteiger partial charge in [-0.3, -0.25) is 4.98 Å². The molecule has 0 fully saturated rings. The van der Waals surface area contributed by atoms with Crippen LogP contribution < -0.4 is 10.2 Å². The lowest BCUT2D eigenvalue weighted by atomic mass is 10.2. The van der Waals surface area contributed by atoms with Gasteiger partial charge in [-0.15, -0.1) is 0 Å². The Hall–Kier alpha value is -2.01. The number of hydrogen-bond donors (Lipinski definition) is 1. The number of rotatable bonds is 6. The van der Waals surface area contributed by atoms with Gasteiger partial charge in [0.05, 0.1) is 12.2 Å². The Labute approximate surface area is 118 Å². The first-order valence-electron chi connectivity index (χ1n) is 6.69. The van der Waals surface area contributed by atoms with Crippen LogP contribution in [0.5, 0.6) is 0 Å². The standard InChI is InChI=1S/C15H19FN4/c1-3-20(11-13-6-4-5-8-18-13)15-14(16)12(10-17-2)7-9-19-15/h4-9,17H,3,10-11H2,1-2H3. The average Bonchev–Trinajstić information content (AvgIpc) is 2.49. The highest BCUT2D eigenvalue weighted by atomic mass is 19.1. The molecule has 2 heterocycles. The number of hydrogen-bond acceptors (Lipinski definition) is 4. The molecule has 2 aromatic heterocycles.